The van der Waals surface area contributed by atoms with Crippen molar-refractivity contribution in [3.63, 3.8) is 0 Å². The second kappa shape index (κ2) is 11.4. The molecule has 0 bridgehead atoms. The molecule has 3 aromatic rings. The van der Waals surface area contributed by atoms with E-state index in [1.807, 2.05) is 18.6 Å². The highest BCUT2D eigenvalue weighted by molar-refractivity contribution is 7.98. The molecule has 2 aromatic carbocycles. The lowest BCUT2D eigenvalue weighted by molar-refractivity contribution is 0.843. The predicted molar refractivity (Wildman–Crippen MR) is 126 cm³/mol. The first kappa shape index (κ1) is 21.1. The Morgan fingerprint density at radius 2 is 1.59 bits per heavy atom. The second-order valence-corrected chi connectivity index (χ2v) is 7.66. The largest absolute Gasteiger partial charge is 0.230 e. The molecular weight excluding hydrogens is 372 g/mol. The molecule has 0 spiro atoms. The maximum absolute atomic E-state index is 4.50. The Morgan fingerprint density at radius 1 is 0.931 bits per heavy atom. The molecule has 0 aliphatic carbocycles. The number of hydrogen-bond donors (Lipinski definition) is 0. The topological polar surface area (TPSA) is 25.8 Å². The molecule has 29 heavy (non-hydrogen) atoms. The van der Waals surface area contributed by atoms with Crippen LogP contribution in [0.3, 0.4) is 0 Å². The third kappa shape index (κ3) is 6.43. The van der Waals surface area contributed by atoms with Gasteiger partial charge in [-0.2, -0.15) is 0 Å². The zero-order chi connectivity index (χ0) is 20.3. The molecule has 0 saturated carbocycles. The van der Waals surface area contributed by atoms with E-state index in [0.717, 1.165) is 36.4 Å². The fraction of sp³-hybridized carbons (Fsp3) is 0.231. The van der Waals surface area contributed by atoms with Crippen LogP contribution in [0, 0.1) is 0 Å². The minimum absolute atomic E-state index is 0.808. The van der Waals surface area contributed by atoms with Gasteiger partial charge in [0.25, 0.3) is 0 Å². The van der Waals surface area contributed by atoms with Gasteiger partial charge in [0, 0.05) is 18.0 Å². The fourth-order valence-corrected chi connectivity index (χ4v) is 3.63. The third-order valence-corrected chi connectivity index (χ3v) is 5.43. The van der Waals surface area contributed by atoms with E-state index in [1.54, 1.807) is 11.8 Å². The second-order valence-electron chi connectivity index (χ2n) is 6.89. The Balaban J connectivity index is 1.84. The van der Waals surface area contributed by atoms with Crippen molar-refractivity contribution in [3.8, 4) is 0 Å². The van der Waals surface area contributed by atoms with E-state index >= 15 is 0 Å². The average molecular weight is 401 g/mol. The monoisotopic (exact) mass is 400 g/mol. The summed E-state index contributed by atoms with van der Waals surface area (Å²) in [5, 5.41) is 0.808. The van der Waals surface area contributed by atoms with Crippen molar-refractivity contribution >= 4 is 23.4 Å². The number of hydrogen-bond acceptors (Lipinski definition) is 3. The fourth-order valence-electron chi connectivity index (χ4n) is 3.31. The quantitative estimate of drug-likeness (QED) is 0.166. The molecule has 3 rings (SSSR count). The third-order valence-electron chi connectivity index (χ3n) is 4.85. The minimum atomic E-state index is 0.808. The van der Waals surface area contributed by atoms with Crippen LogP contribution in [0.15, 0.2) is 89.9 Å². The van der Waals surface area contributed by atoms with E-state index in [4.69, 9.17) is 0 Å². The SMILES string of the molecule is CCC(=C/c1ccccc1)/C(=C/CCCc1ccccc1)c1cnc(SC)nc1. The van der Waals surface area contributed by atoms with Crippen molar-refractivity contribution in [2.24, 2.45) is 0 Å². The van der Waals surface area contributed by atoms with Crippen molar-refractivity contribution in [1.82, 2.24) is 9.97 Å². The predicted octanol–water partition coefficient (Wildman–Crippen LogP) is 7.10. The van der Waals surface area contributed by atoms with Gasteiger partial charge >= 0.3 is 0 Å². The van der Waals surface area contributed by atoms with Crippen molar-refractivity contribution < 1.29 is 0 Å². The molecule has 0 aliphatic heterocycles. The van der Waals surface area contributed by atoms with Crippen LogP contribution >= 0.6 is 11.8 Å². The number of nitrogens with zero attached hydrogens (tertiary/aromatic N) is 2. The molecule has 0 N–H and O–H groups in total. The molecule has 0 fully saturated rings. The van der Waals surface area contributed by atoms with Crippen LogP contribution < -0.4 is 0 Å². The Kier molecular flexibility index (Phi) is 8.26. The molecule has 3 heteroatoms. The highest BCUT2D eigenvalue weighted by Crippen LogP contribution is 2.28. The number of aryl methyl sites for hydroxylation is 1. The van der Waals surface area contributed by atoms with Gasteiger partial charge in [0.15, 0.2) is 5.16 Å². The van der Waals surface area contributed by atoms with Crippen LogP contribution in [-0.4, -0.2) is 16.2 Å². The Morgan fingerprint density at radius 3 is 2.21 bits per heavy atom. The van der Waals surface area contributed by atoms with E-state index in [1.165, 1.54) is 22.3 Å². The summed E-state index contributed by atoms with van der Waals surface area (Å²) in [6.45, 7) is 2.21. The normalized spacial score (nSPS) is 12.2. The molecule has 0 saturated heterocycles. The van der Waals surface area contributed by atoms with Gasteiger partial charge in [-0.1, -0.05) is 91.5 Å². The molecule has 0 amide bonds. The van der Waals surface area contributed by atoms with Crippen molar-refractivity contribution in [3.05, 3.63) is 101 Å². The lowest BCUT2D eigenvalue weighted by atomic mass is 9.94. The summed E-state index contributed by atoms with van der Waals surface area (Å²) in [7, 11) is 0. The number of allylic oxidation sites excluding steroid dienone is 3. The molecule has 148 valence electrons. The van der Waals surface area contributed by atoms with Gasteiger partial charge in [-0.05, 0) is 54.2 Å². The summed E-state index contributed by atoms with van der Waals surface area (Å²) in [5.74, 6) is 0. The standard InChI is InChI=1S/C26H28N2S/c1-3-23(18-22-15-8-5-9-16-22)25(24-19-27-26(29-2)28-20-24)17-11-10-14-21-12-6-4-7-13-21/h4-9,12-13,15-20H,3,10-11,14H2,1-2H3/b23-18-,25-17-. The first-order chi connectivity index (χ1) is 14.3. The van der Waals surface area contributed by atoms with Gasteiger partial charge in [-0.3, -0.25) is 0 Å². The van der Waals surface area contributed by atoms with Crippen molar-refractivity contribution in [1.29, 1.82) is 0 Å². The van der Waals surface area contributed by atoms with E-state index in [0.29, 0.717) is 0 Å². The maximum atomic E-state index is 4.50. The van der Waals surface area contributed by atoms with Gasteiger partial charge in [0.1, 0.15) is 0 Å². The van der Waals surface area contributed by atoms with Gasteiger partial charge in [-0.25, -0.2) is 9.97 Å². The summed E-state index contributed by atoms with van der Waals surface area (Å²) in [4.78, 5) is 9.00. The number of unbranched alkanes of at least 4 members (excludes halogenated alkanes) is 1. The van der Waals surface area contributed by atoms with Crippen molar-refractivity contribution in [2.45, 2.75) is 37.8 Å². The Hall–Kier alpha value is -2.65. The first-order valence-electron chi connectivity index (χ1n) is 10.2. The van der Waals surface area contributed by atoms with Crippen LogP contribution in [-0.2, 0) is 6.42 Å². The van der Waals surface area contributed by atoms with Crippen LogP contribution in [0.1, 0.15) is 42.9 Å². The Labute approximate surface area is 178 Å². The van der Waals surface area contributed by atoms with E-state index < -0.39 is 0 Å². The first-order valence-corrected chi connectivity index (χ1v) is 11.4. The number of aromatic nitrogens is 2. The van der Waals surface area contributed by atoms with Gasteiger partial charge in [0.05, 0.1) is 0 Å². The number of thioether (sulfide) groups is 1. The van der Waals surface area contributed by atoms with Crippen LogP contribution in [0.5, 0.6) is 0 Å². The molecule has 2 nitrogen and oxygen atoms in total. The Bertz CT molecular complexity index is 929. The lowest BCUT2D eigenvalue weighted by Gasteiger charge is -2.12. The molecule has 1 aromatic heterocycles. The minimum Gasteiger partial charge on any atom is -0.230 e. The van der Waals surface area contributed by atoms with Crippen LogP contribution in [0.25, 0.3) is 11.6 Å². The molecular formula is C26H28N2S. The summed E-state index contributed by atoms with van der Waals surface area (Å²) in [6, 6.07) is 21.2. The smallest absolute Gasteiger partial charge is 0.187 e. The summed E-state index contributed by atoms with van der Waals surface area (Å²) in [5.41, 5.74) is 6.27. The highest BCUT2D eigenvalue weighted by atomic mass is 32.2. The molecule has 0 unspecified atom stereocenters. The van der Waals surface area contributed by atoms with Gasteiger partial charge in [-0.15, -0.1) is 0 Å². The molecule has 0 atom stereocenters. The number of benzene rings is 2. The number of rotatable bonds is 9. The lowest BCUT2D eigenvalue weighted by Crippen LogP contribution is -1.95. The van der Waals surface area contributed by atoms with Crippen molar-refractivity contribution in [2.75, 3.05) is 6.26 Å². The van der Waals surface area contributed by atoms with Crippen LogP contribution in [0.2, 0.25) is 0 Å². The maximum Gasteiger partial charge on any atom is 0.187 e. The average Bonchev–Trinajstić information content (AvgIpc) is 2.79. The summed E-state index contributed by atoms with van der Waals surface area (Å²) >= 11 is 1.57. The summed E-state index contributed by atoms with van der Waals surface area (Å²) in [6.07, 6.45) is 14.8. The van der Waals surface area contributed by atoms with E-state index in [9.17, 15) is 0 Å². The molecule has 0 aliphatic rings. The zero-order valence-corrected chi connectivity index (χ0v) is 18.0. The zero-order valence-electron chi connectivity index (χ0n) is 17.2. The van der Waals surface area contributed by atoms with Crippen LogP contribution in [0.4, 0.5) is 0 Å². The summed E-state index contributed by atoms with van der Waals surface area (Å²) < 4.78 is 0. The molecule has 0 radical (unpaired) electrons. The van der Waals surface area contributed by atoms with E-state index in [-0.39, 0.29) is 0 Å². The molecule has 1 heterocycles. The van der Waals surface area contributed by atoms with E-state index in [2.05, 4.69) is 89.7 Å². The van der Waals surface area contributed by atoms with Gasteiger partial charge < -0.3 is 0 Å². The van der Waals surface area contributed by atoms with Gasteiger partial charge in [0.2, 0.25) is 0 Å². The highest BCUT2D eigenvalue weighted by Gasteiger charge is 2.09.